The molecule has 5 nitrogen and oxygen atoms in total. The normalized spacial score (nSPS) is 42.4. The molecule has 1 saturated carbocycles. The van der Waals surface area contributed by atoms with Crippen molar-refractivity contribution in [3.05, 3.63) is 36.0 Å². The van der Waals surface area contributed by atoms with Gasteiger partial charge in [-0.05, 0) is 33.1 Å². The van der Waals surface area contributed by atoms with Crippen LogP contribution in [0, 0.1) is 11.8 Å². The van der Waals surface area contributed by atoms with Gasteiger partial charge in [-0.1, -0.05) is 30.4 Å². The van der Waals surface area contributed by atoms with Crippen LogP contribution in [0.4, 0.5) is 0 Å². The van der Waals surface area contributed by atoms with E-state index in [0.717, 1.165) is 31.4 Å². The van der Waals surface area contributed by atoms with Crippen molar-refractivity contribution in [2.75, 3.05) is 13.2 Å². The Bertz CT molecular complexity index is 649. The number of carbonyl (C=O) groups is 1. The van der Waals surface area contributed by atoms with Gasteiger partial charge in [0.15, 0.2) is 0 Å². The number of aliphatic hydroxyl groups is 1. The molecule has 0 bridgehead atoms. The van der Waals surface area contributed by atoms with Crippen LogP contribution < -0.4 is 0 Å². The van der Waals surface area contributed by atoms with Gasteiger partial charge in [0, 0.05) is 17.4 Å². The van der Waals surface area contributed by atoms with Crippen molar-refractivity contribution in [2.45, 2.75) is 56.5 Å². The first kappa shape index (κ1) is 17.0. The monoisotopic (exact) mass is 346 g/mol. The molecule has 1 N–H and O–H groups in total. The van der Waals surface area contributed by atoms with E-state index in [2.05, 4.69) is 6.58 Å². The number of ether oxygens (including phenoxy) is 3. The van der Waals surface area contributed by atoms with Crippen molar-refractivity contribution in [3.8, 4) is 0 Å². The predicted octanol–water partition coefficient (Wildman–Crippen LogP) is 2.31. The minimum absolute atomic E-state index is 0.0822. The van der Waals surface area contributed by atoms with E-state index >= 15 is 0 Å². The lowest BCUT2D eigenvalue weighted by Crippen LogP contribution is -2.35. The number of rotatable bonds is 2. The van der Waals surface area contributed by atoms with Crippen molar-refractivity contribution >= 4 is 5.97 Å². The van der Waals surface area contributed by atoms with Crippen molar-refractivity contribution < 1.29 is 24.1 Å². The standard InChI is InChI=1S/C20H26O5/c1-12-9-16-17(25-16)20(11-24-20)8-6-13-14(5-4-7-19(2,3)22)18(21)23-10-15(12)13/h4-5,7,13,15-17,22H,1,6,8-11H2,2-3H3. The molecular weight excluding hydrogens is 320 g/mol. The van der Waals surface area contributed by atoms with Crippen LogP contribution in [-0.2, 0) is 19.0 Å². The quantitative estimate of drug-likeness (QED) is 0.359. The topological polar surface area (TPSA) is 71.6 Å². The third-order valence-corrected chi connectivity index (χ3v) is 5.78. The Balaban J connectivity index is 1.61. The molecule has 5 heteroatoms. The molecule has 4 aliphatic rings. The number of cyclic esters (lactones) is 1. The summed E-state index contributed by atoms with van der Waals surface area (Å²) in [5.41, 5.74) is 0.710. The Labute approximate surface area is 148 Å². The minimum atomic E-state index is -0.915. The molecule has 0 aromatic carbocycles. The van der Waals surface area contributed by atoms with Crippen LogP contribution in [0.2, 0.25) is 0 Å². The van der Waals surface area contributed by atoms with Gasteiger partial charge < -0.3 is 19.3 Å². The fourth-order valence-corrected chi connectivity index (χ4v) is 4.19. The first-order valence-electron chi connectivity index (χ1n) is 9.05. The first-order chi connectivity index (χ1) is 11.8. The summed E-state index contributed by atoms with van der Waals surface area (Å²) in [5.74, 6) is -0.0575. The second kappa shape index (κ2) is 5.79. The number of epoxide rings is 2. The van der Waals surface area contributed by atoms with E-state index in [9.17, 15) is 9.90 Å². The van der Waals surface area contributed by atoms with Gasteiger partial charge in [-0.15, -0.1) is 0 Å². The van der Waals surface area contributed by atoms with Gasteiger partial charge >= 0.3 is 5.97 Å². The first-order valence-corrected chi connectivity index (χ1v) is 9.05. The van der Waals surface area contributed by atoms with E-state index in [1.165, 1.54) is 0 Å². The number of allylic oxidation sites excluding steroid dienone is 2. The minimum Gasteiger partial charge on any atom is -0.462 e. The highest BCUT2D eigenvalue weighted by Crippen LogP contribution is 2.52. The average molecular weight is 346 g/mol. The van der Waals surface area contributed by atoms with E-state index in [0.29, 0.717) is 12.2 Å². The Hall–Kier alpha value is -1.43. The molecule has 1 aliphatic carbocycles. The van der Waals surface area contributed by atoms with Crippen molar-refractivity contribution in [3.63, 3.8) is 0 Å². The molecule has 1 spiro atoms. The van der Waals surface area contributed by atoms with Gasteiger partial charge in [0.1, 0.15) is 11.7 Å². The third-order valence-electron chi connectivity index (χ3n) is 5.78. The Kier molecular flexibility index (Phi) is 3.94. The molecule has 0 radical (unpaired) electrons. The molecule has 3 saturated heterocycles. The van der Waals surface area contributed by atoms with Gasteiger partial charge in [0.2, 0.25) is 0 Å². The van der Waals surface area contributed by atoms with Gasteiger partial charge in [-0.2, -0.15) is 0 Å². The number of fused-ring (bicyclic) bond motifs is 3. The highest BCUT2D eigenvalue weighted by atomic mass is 16.7. The van der Waals surface area contributed by atoms with E-state index in [-0.39, 0.29) is 35.6 Å². The molecule has 5 unspecified atom stereocenters. The fourth-order valence-electron chi connectivity index (χ4n) is 4.19. The summed E-state index contributed by atoms with van der Waals surface area (Å²) in [4.78, 5) is 12.4. The van der Waals surface area contributed by atoms with Gasteiger partial charge in [0.05, 0.1) is 24.9 Å². The van der Waals surface area contributed by atoms with E-state index < -0.39 is 5.60 Å². The molecule has 4 rings (SSSR count). The third kappa shape index (κ3) is 3.33. The van der Waals surface area contributed by atoms with Crippen molar-refractivity contribution in [1.82, 2.24) is 0 Å². The van der Waals surface area contributed by atoms with Gasteiger partial charge in [-0.3, -0.25) is 0 Å². The van der Waals surface area contributed by atoms with Crippen molar-refractivity contribution in [2.24, 2.45) is 11.8 Å². The summed E-state index contributed by atoms with van der Waals surface area (Å²) in [5, 5.41) is 9.84. The molecule has 0 aromatic rings. The molecule has 4 fully saturated rings. The lowest BCUT2D eigenvalue weighted by molar-refractivity contribution is -0.144. The molecule has 136 valence electrons. The van der Waals surface area contributed by atoms with Crippen LogP contribution in [0.25, 0.3) is 0 Å². The molecule has 0 amide bonds. The lowest BCUT2D eigenvalue weighted by atomic mass is 9.76. The zero-order chi connectivity index (χ0) is 17.8. The highest BCUT2D eigenvalue weighted by molar-refractivity contribution is 5.90. The fraction of sp³-hybridized carbons (Fsp3) is 0.650. The average Bonchev–Trinajstić information content (AvgIpc) is 3.41. The van der Waals surface area contributed by atoms with Crippen LogP contribution in [0.15, 0.2) is 36.0 Å². The van der Waals surface area contributed by atoms with Crippen molar-refractivity contribution in [1.29, 1.82) is 0 Å². The number of hydrogen-bond donors (Lipinski definition) is 1. The Morgan fingerprint density at radius 3 is 2.80 bits per heavy atom. The Morgan fingerprint density at radius 2 is 2.12 bits per heavy atom. The molecular formula is C20H26O5. The molecule has 3 heterocycles. The maximum Gasteiger partial charge on any atom is 0.334 e. The maximum absolute atomic E-state index is 12.4. The zero-order valence-corrected chi connectivity index (χ0v) is 14.9. The summed E-state index contributed by atoms with van der Waals surface area (Å²) in [6.07, 6.45) is 8.16. The number of hydrogen-bond acceptors (Lipinski definition) is 5. The van der Waals surface area contributed by atoms with Crippen LogP contribution >= 0.6 is 0 Å². The highest BCUT2D eigenvalue weighted by Gasteiger charge is 2.64. The van der Waals surface area contributed by atoms with Gasteiger partial charge in [-0.25, -0.2) is 4.79 Å². The summed E-state index contributed by atoms with van der Waals surface area (Å²) >= 11 is 0. The Morgan fingerprint density at radius 1 is 1.36 bits per heavy atom. The van der Waals surface area contributed by atoms with Crippen LogP contribution in [0.3, 0.4) is 0 Å². The summed E-state index contributed by atoms with van der Waals surface area (Å²) in [6.45, 7) is 8.81. The van der Waals surface area contributed by atoms with Crippen LogP contribution in [-0.4, -0.2) is 47.7 Å². The van der Waals surface area contributed by atoms with Crippen LogP contribution in [0.1, 0.15) is 33.1 Å². The summed E-state index contributed by atoms with van der Waals surface area (Å²) in [7, 11) is 0. The van der Waals surface area contributed by atoms with Crippen LogP contribution in [0.5, 0.6) is 0 Å². The predicted molar refractivity (Wildman–Crippen MR) is 91.8 cm³/mol. The lowest BCUT2D eigenvalue weighted by Gasteiger charge is -2.34. The maximum atomic E-state index is 12.4. The summed E-state index contributed by atoms with van der Waals surface area (Å²) < 4.78 is 17.0. The molecule has 5 atom stereocenters. The van der Waals surface area contributed by atoms with E-state index in [1.54, 1.807) is 32.1 Å². The smallest absolute Gasteiger partial charge is 0.334 e. The molecule has 0 aromatic heterocycles. The number of carbonyl (C=O) groups excluding carboxylic acids is 1. The molecule has 25 heavy (non-hydrogen) atoms. The van der Waals surface area contributed by atoms with E-state index in [1.807, 2.05) is 0 Å². The SMILES string of the molecule is C=C1CC2OC2C2(CCC3C(=CC=CC(C)(C)O)C(=O)OCC13)CO2. The summed E-state index contributed by atoms with van der Waals surface area (Å²) in [6, 6.07) is 0. The number of esters is 1. The second-order valence-corrected chi connectivity index (χ2v) is 8.30. The largest absolute Gasteiger partial charge is 0.462 e. The molecule has 3 aliphatic heterocycles. The van der Waals surface area contributed by atoms with Gasteiger partial charge in [0.25, 0.3) is 0 Å². The van der Waals surface area contributed by atoms with E-state index in [4.69, 9.17) is 14.2 Å². The zero-order valence-electron chi connectivity index (χ0n) is 14.9. The second-order valence-electron chi connectivity index (χ2n) is 8.30.